The number of hydrogen-bond acceptors (Lipinski definition) is 4. The molecule has 0 unspecified atom stereocenters. The van der Waals surface area contributed by atoms with E-state index in [0.717, 1.165) is 6.07 Å². The third kappa shape index (κ3) is 2.94. The molecule has 0 saturated carbocycles. The fourth-order valence-electron chi connectivity index (χ4n) is 1.23. The average molecular weight is 265 g/mol. The summed E-state index contributed by atoms with van der Waals surface area (Å²) in [6, 6.07) is 2.18. The first-order valence-electron chi connectivity index (χ1n) is 4.20. The van der Waals surface area contributed by atoms with Gasteiger partial charge >= 0.3 is 0 Å². The van der Waals surface area contributed by atoms with Crippen molar-refractivity contribution < 1.29 is 22.9 Å². The van der Waals surface area contributed by atoms with Gasteiger partial charge < -0.3 is 5.11 Å². The summed E-state index contributed by atoms with van der Waals surface area (Å²) in [5.41, 5.74) is 0.0626. The van der Waals surface area contributed by atoms with Crippen molar-refractivity contribution >= 4 is 27.5 Å². The van der Waals surface area contributed by atoms with Gasteiger partial charge in [0.15, 0.2) is 0 Å². The molecule has 0 fully saturated rings. The number of phenolic OH excluding ortho intramolecular Hbond substituents is 1. The van der Waals surface area contributed by atoms with Crippen molar-refractivity contribution in [1.82, 2.24) is 0 Å². The lowest BCUT2D eigenvalue weighted by Crippen LogP contribution is -2.03. The molecular formula is C9H9ClO5S. The van der Waals surface area contributed by atoms with Crippen molar-refractivity contribution in [3.05, 3.63) is 22.7 Å². The Morgan fingerprint density at radius 2 is 2.00 bits per heavy atom. The zero-order valence-electron chi connectivity index (χ0n) is 8.27. The van der Waals surface area contributed by atoms with Gasteiger partial charge in [0.2, 0.25) is 0 Å². The zero-order valence-corrected chi connectivity index (χ0v) is 9.84. The van der Waals surface area contributed by atoms with Crippen LogP contribution >= 0.6 is 11.6 Å². The van der Waals surface area contributed by atoms with Gasteiger partial charge in [-0.2, -0.15) is 8.42 Å². The molecule has 1 rings (SSSR count). The summed E-state index contributed by atoms with van der Waals surface area (Å²) in [5, 5.41) is 9.56. The number of carbonyl (C=O) groups excluding carboxylic acids is 1. The molecule has 0 radical (unpaired) electrons. The Kier molecular flexibility index (Phi) is 3.57. The highest BCUT2D eigenvalue weighted by atomic mass is 35.5. The lowest BCUT2D eigenvalue weighted by molar-refractivity contribution is -0.116. The molecule has 7 heteroatoms. The van der Waals surface area contributed by atoms with E-state index in [4.69, 9.17) is 16.2 Å². The predicted molar refractivity (Wildman–Crippen MR) is 57.3 cm³/mol. The maximum absolute atomic E-state index is 10.9. The van der Waals surface area contributed by atoms with Gasteiger partial charge in [0, 0.05) is 17.0 Å². The molecule has 0 aliphatic rings. The third-order valence-electron chi connectivity index (χ3n) is 1.84. The highest BCUT2D eigenvalue weighted by Gasteiger charge is 2.20. The van der Waals surface area contributed by atoms with Gasteiger partial charge in [0.05, 0.1) is 0 Å². The average Bonchev–Trinajstić information content (AvgIpc) is 2.07. The number of hydrogen-bond donors (Lipinski definition) is 2. The standard InChI is InChI=1S/C9H9ClO5S/c1-5(11)2-6-3-7(10)4-8(9(6)12)16(13,14)15/h3-4,12H,2H2,1H3,(H,13,14,15). The maximum Gasteiger partial charge on any atom is 0.298 e. The molecule has 0 aliphatic heterocycles. The van der Waals surface area contributed by atoms with Crippen LogP contribution in [0.2, 0.25) is 5.02 Å². The van der Waals surface area contributed by atoms with Gasteiger partial charge in [0.25, 0.3) is 10.1 Å². The minimum atomic E-state index is -4.56. The van der Waals surface area contributed by atoms with Gasteiger partial charge in [-0.15, -0.1) is 0 Å². The first-order chi connectivity index (χ1) is 7.21. The molecule has 0 atom stereocenters. The topological polar surface area (TPSA) is 91.7 Å². The normalized spacial score (nSPS) is 11.4. The summed E-state index contributed by atoms with van der Waals surface area (Å²) in [6.07, 6.45) is -0.158. The van der Waals surface area contributed by atoms with Crippen LogP contribution in [-0.2, 0) is 21.3 Å². The van der Waals surface area contributed by atoms with E-state index in [9.17, 15) is 18.3 Å². The van der Waals surface area contributed by atoms with Crippen LogP contribution in [0.3, 0.4) is 0 Å². The second-order valence-corrected chi connectivity index (χ2v) is 5.09. The molecule has 5 nitrogen and oxygen atoms in total. The third-order valence-corrected chi connectivity index (χ3v) is 2.92. The van der Waals surface area contributed by atoms with Crippen LogP contribution in [0.5, 0.6) is 5.75 Å². The zero-order chi connectivity index (χ0) is 12.5. The predicted octanol–water partition coefficient (Wildman–Crippen LogP) is 1.42. The molecule has 0 bridgehead atoms. The molecule has 1 aromatic rings. The Bertz CT molecular complexity index is 535. The van der Waals surface area contributed by atoms with Gasteiger partial charge in [-0.25, -0.2) is 0 Å². The fraction of sp³-hybridized carbons (Fsp3) is 0.222. The van der Waals surface area contributed by atoms with E-state index < -0.39 is 20.8 Å². The highest BCUT2D eigenvalue weighted by molar-refractivity contribution is 7.86. The van der Waals surface area contributed by atoms with E-state index in [1.807, 2.05) is 0 Å². The van der Waals surface area contributed by atoms with Crippen LogP contribution in [0.1, 0.15) is 12.5 Å². The number of halogens is 1. The number of Topliss-reactive ketones (excluding diaryl/α,β-unsaturated/α-hetero) is 1. The Morgan fingerprint density at radius 1 is 1.44 bits per heavy atom. The number of phenols is 1. The number of rotatable bonds is 3. The smallest absolute Gasteiger partial charge is 0.298 e. The molecule has 0 saturated heterocycles. The molecule has 1 aromatic carbocycles. The lowest BCUT2D eigenvalue weighted by Gasteiger charge is -2.07. The van der Waals surface area contributed by atoms with E-state index in [2.05, 4.69) is 0 Å². The molecule has 88 valence electrons. The summed E-state index contributed by atoms with van der Waals surface area (Å²) in [5.74, 6) is -0.916. The van der Waals surface area contributed by atoms with E-state index >= 15 is 0 Å². The van der Waals surface area contributed by atoms with Crippen LogP contribution in [0, 0.1) is 0 Å². The van der Waals surface area contributed by atoms with Crippen LogP contribution in [0.15, 0.2) is 17.0 Å². The van der Waals surface area contributed by atoms with Gasteiger partial charge in [-0.1, -0.05) is 11.6 Å². The Hall–Kier alpha value is -1.11. The van der Waals surface area contributed by atoms with Crippen molar-refractivity contribution in [2.45, 2.75) is 18.2 Å². The van der Waals surface area contributed by atoms with E-state index in [-0.39, 0.29) is 22.8 Å². The number of aromatic hydroxyl groups is 1. The van der Waals surface area contributed by atoms with Gasteiger partial charge in [-0.05, 0) is 19.1 Å². The van der Waals surface area contributed by atoms with E-state index in [0.29, 0.717) is 0 Å². The minimum absolute atomic E-state index is 0.0154. The van der Waals surface area contributed by atoms with Crippen LogP contribution in [0.25, 0.3) is 0 Å². The number of benzene rings is 1. The van der Waals surface area contributed by atoms with Gasteiger partial charge in [-0.3, -0.25) is 9.35 Å². The lowest BCUT2D eigenvalue weighted by atomic mass is 10.1. The monoisotopic (exact) mass is 264 g/mol. The Balaban J connectivity index is 3.44. The molecule has 2 N–H and O–H groups in total. The number of ketones is 1. The first kappa shape index (κ1) is 13.0. The van der Waals surface area contributed by atoms with Crippen molar-refractivity contribution in [2.24, 2.45) is 0 Å². The molecular weight excluding hydrogens is 256 g/mol. The first-order valence-corrected chi connectivity index (χ1v) is 6.02. The molecule has 0 amide bonds. The van der Waals surface area contributed by atoms with Crippen molar-refractivity contribution in [2.75, 3.05) is 0 Å². The molecule has 16 heavy (non-hydrogen) atoms. The molecule has 0 aliphatic carbocycles. The largest absolute Gasteiger partial charge is 0.506 e. The van der Waals surface area contributed by atoms with Crippen molar-refractivity contribution in [3.8, 4) is 5.75 Å². The minimum Gasteiger partial charge on any atom is -0.506 e. The Labute approximate surface area is 97.4 Å². The van der Waals surface area contributed by atoms with Crippen LogP contribution in [0.4, 0.5) is 0 Å². The fourth-order valence-corrected chi connectivity index (χ4v) is 2.18. The van der Waals surface area contributed by atoms with Crippen molar-refractivity contribution in [1.29, 1.82) is 0 Å². The molecule has 0 spiro atoms. The van der Waals surface area contributed by atoms with E-state index in [1.54, 1.807) is 0 Å². The SMILES string of the molecule is CC(=O)Cc1cc(Cl)cc(S(=O)(=O)O)c1O. The maximum atomic E-state index is 10.9. The van der Waals surface area contributed by atoms with Gasteiger partial charge in [0.1, 0.15) is 16.4 Å². The second kappa shape index (κ2) is 4.40. The Morgan fingerprint density at radius 3 is 2.44 bits per heavy atom. The molecule has 0 heterocycles. The summed E-state index contributed by atoms with van der Waals surface area (Å²) in [7, 11) is -4.56. The quantitative estimate of drug-likeness (QED) is 0.806. The summed E-state index contributed by atoms with van der Waals surface area (Å²) in [6.45, 7) is 1.29. The van der Waals surface area contributed by atoms with Crippen molar-refractivity contribution in [3.63, 3.8) is 0 Å². The molecule has 0 aromatic heterocycles. The number of carbonyl (C=O) groups is 1. The van der Waals surface area contributed by atoms with Crippen LogP contribution < -0.4 is 0 Å². The summed E-state index contributed by atoms with van der Waals surface area (Å²) in [4.78, 5) is 10.2. The summed E-state index contributed by atoms with van der Waals surface area (Å²) >= 11 is 5.61. The second-order valence-electron chi connectivity index (χ2n) is 3.27. The van der Waals surface area contributed by atoms with E-state index in [1.165, 1.54) is 13.0 Å². The highest BCUT2D eigenvalue weighted by Crippen LogP contribution is 2.30. The summed E-state index contributed by atoms with van der Waals surface area (Å²) < 4.78 is 30.6. The van der Waals surface area contributed by atoms with Crippen LogP contribution in [-0.4, -0.2) is 23.9 Å².